The number of thiocarbonyl (C=S) groups is 1. The Balaban J connectivity index is 1.54. The van der Waals surface area contributed by atoms with Crippen LogP contribution in [0.25, 0.3) is 0 Å². The molecular formula is C19H35N3S. The van der Waals surface area contributed by atoms with Gasteiger partial charge in [0.2, 0.25) is 0 Å². The van der Waals surface area contributed by atoms with Crippen molar-refractivity contribution in [3.63, 3.8) is 0 Å². The van der Waals surface area contributed by atoms with Gasteiger partial charge in [0.05, 0.1) is 0 Å². The van der Waals surface area contributed by atoms with Crippen molar-refractivity contribution in [3.05, 3.63) is 0 Å². The second kappa shape index (κ2) is 8.15. The van der Waals surface area contributed by atoms with E-state index in [1.807, 2.05) is 0 Å². The van der Waals surface area contributed by atoms with Gasteiger partial charge in [0.25, 0.3) is 0 Å². The van der Waals surface area contributed by atoms with Gasteiger partial charge in [-0.15, -0.1) is 0 Å². The number of rotatable bonds is 4. The molecule has 2 atom stereocenters. The first-order valence-corrected chi connectivity index (χ1v) is 10.4. The van der Waals surface area contributed by atoms with Crippen LogP contribution in [0.4, 0.5) is 0 Å². The second-order valence-corrected chi connectivity index (χ2v) is 8.80. The van der Waals surface area contributed by atoms with E-state index in [4.69, 9.17) is 12.2 Å². The van der Waals surface area contributed by atoms with Crippen LogP contribution in [0.3, 0.4) is 0 Å². The summed E-state index contributed by atoms with van der Waals surface area (Å²) >= 11 is 5.50. The Kier molecular flexibility index (Phi) is 6.19. The number of nitrogens with zero attached hydrogens (tertiary/aromatic N) is 1. The highest BCUT2D eigenvalue weighted by molar-refractivity contribution is 7.80. The van der Waals surface area contributed by atoms with Crippen LogP contribution in [0.15, 0.2) is 0 Å². The summed E-state index contributed by atoms with van der Waals surface area (Å²) < 4.78 is 0. The van der Waals surface area contributed by atoms with Crippen LogP contribution >= 0.6 is 12.2 Å². The Morgan fingerprint density at radius 1 is 0.957 bits per heavy atom. The second-order valence-electron chi connectivity index (χ2n) is 8.39. The molecule has 0 aromatic carbocycles. The van der Waals surface area contributed by atoms with Crippen LogP contribution in [0.5, 0.6) is 0 Å². The van der Waals surface area contributed by atoms with Crippen molar-refractivity contribution < 1.29 is 0 Å². The molecule has 2 heterocycles. The van der Waals surface area contributed by atoms with E-state index in [9.17, 15) is 0 Å². The molecule has 0 amide bonds. The molecule has 3 rings (SSSR count). The zero-order chi connectivity index (χ0) is 16.2. The molecule has 0 aromatic heterocycles. The van der Waals surface area contributed by atoms with Gasteiger partial charge in [0.1, 0.15) is 0 Å². The topological polar surface area (TPSA) is 27.3 Å². The van der Waals surface area contributed by atoms with Crippen LogP contribution in [-0.4, -0.2) is 40.7 Å². The number of hydrogen-bond donors (Lipinski definition) is 2. The lowest BCUT2D eigenvalue weighted by molar-refractivity contribution is -0.0196. The average molecular weight is 338 g/mol. The molecule has 3 fully saturated rings. The Morgan fingerprint density at radius 3 is 2.17 bits per heavy atom. The average Bonchev–Trinajstić information content (AvgIpc) is 2.53. The minimum absolute atomic E-state index is 0.581. The third-order valence-corrected chi connectivity index (χ3v) is 6.30. The van der Waals surface area contributed by atoms with E-state index in [1.165, 1.54) is 64.2 Å². The predicted molar refractivity (Wildman–Crippen MR) is 102 cm³/mol. The SMILES string of the molecule is CC(C)CNC(=S)NC1C[C@@H]2CCC[C@@H](C1)N2C1CCCCC1. The highest BCUT2D eigenvalue weighted by atomic mass is 32.1. The van der Waals surface area contributed by atoms with Crippen molar-refractivity contribution >= 4 is 17.3 Å². The molecule has 0 spiro atoms. The van der Waals surface area contributed by atoms with Crippen molar-refractivity contribution in [2.45, 2.75) is 102 Å². The molecule has 0 aromatic rings. The molecule has 0 unspecified atom stereocenters. The lowest BCUT2D eigenvalue weighted by Gasteiger charge is -2.53. The Morgan fingerprint density at radius 2 is 1.57 bits per heavy atom. The minimum Gasteiger partial charge on any atom is -0.362 e. The first kappa shape index (κ1) is 17.5. The zero-order valence-electron chi connectivity index (χ0n) is 15.0. The molecule has 4 heteroatoms. The largest absolute Gasteiger partial charge is 0.362 e. The van der Waals surface area contributed by atoms with Crippen LogP contribution in [0.1, 0.15) is 78.1 Å². The van der Waals surface area contributed by atoms with Crippen LogP contribution in [0, 0.1) is 5.92 Å². The van der Waals surface area contributed by atoms with E-state index in [0.717, 1.165) is 29.8 Å². The van der Waals surface area contributed by atoms with Crippen LogP contribution in [0.2, 0.25) is 0 Å². The fraction of sp³-hybridized carbons (Fsp3) is 0.947. The van der Waals surface area contributed by atoms with Gasteiger partial charge in [-0.05, 0) is 56.7 Å². The van der Waals surface area contributed by atoms with E-state index >= 15 is 0 Å². The lowest BCUT2D eigenvalue weighted by Crippen LogP contribution is -2.60. The fourth-order valence-corrected chi connectivity index (χ4v) is 5.29. The van der Waals surface area contributed by atoms with E-state index in [-0.39, 0.29) is 0 Å². The molecule has 1 aliphatic carbocycles. The molecule has 0 radical (unpaired) electrons. The molecule has 2 aliphatic heterocycles. The summed E-state index contributed by atoms with van der Waals surface area (Å²) in [6.07, 6.45) is 14.1. The normalized spacial score (nSPS) is 32.7. The predicted octanol–water partition coefficient (Wildman–Crippen LogP) is 3.82. The fourth-order valence-electron chi connectivity index (χ4n) is 5.04. The number of nitrogens with one attached hydrogen (secondary N) is 2. The number of fused-ring (bicyclic) bond motifs is 2. The summed E-state index contributed by atoms with van der Waals surface area (Å²) in [6.45, 7) is 5.42. The number of piperidine rings is 2. The molecule has 3 aliphatic rings. The third-order valence-electron chi connectivity index (χ3n) is 6.03. The number of hydrogen-bond acceptors (Lipinski definition) is 2. The molecule has 1 saturated carbocycles. The lowest BCUT2D eigenvalue weighted by atomic mass is 9.78. The van der Waals surface area contributed by atoms with Gasteiger partial charge in [-0.3, -0.25) is 4.90 Å². The van der Waals surface area contributed by atoms with E-state index in [0.29, 0.717) is 12.0 Å². The smallest absolute Gasteiger partial charge is 0.166 e. The molecule has 132 valence electrons. The highest BCUT2D eigenvalue weighted by Gasteiger charge is 2.41. The highest BCUT2D eigenvalue weighted by Crippen LogP contribution is 2.38. The minimum atomic E-state index is 0.581. The molecule has 23 heavy (non-hydrogen) atoms. The maximum Gasteiger partial charge on any atom is 0.166 e. The van der Waals surface area contributed by atoms with Crippen molar-refractivity contribution in [3.8, 4) is 0 Å². The summed E-state index contributed by atoms with van der Waals surface area (Å²) in [4.78, 5) is 2.95. The van der Waals surface area contributed by atoms with Crippen molar-refractivity contribution in [2.24, 2.45) is 5.92 Å². The van der Waals surface area contributed by atoms with Gasteiger partial charge < -0.3 is 10.6 Å². The maximum atomic E-state index is 5.50. The summed E-state index contributed by atoms with van der Waals surface area (Å²) in [5.74, 6) is 0.641. The monoisotopic (exact) mass is 337 g/mol. The van der Waals surface area contributed by atoms with Crippen molar-refractivity contribution in [1.29, 1.82) is 0 Å². The maximum absolute atomic E-state index is 5.50. The van der Waals surface area contributed by atoms with Gasteiger partial charge in [0, 0.05) is 30.7 Å². The summed E-state index contributed by atoms with van der Waals surface area (Å²) in [7, 11) is 0. The van der Waals surface area contributed by atoms with Gasteiger partial charge in [-0.25, -0.2) is 0 Å². The molecular weight excluding hydrogens is 302 g/mol. The zero-order valence-corrected chi connectivity index (χ0v) is 15.8. The Hall–Kier alpha value is -0.350. The summed E-state index contributed by atoms with van der Waals surface area (Å²) in [6, 6.07) is 3.07. The summed E-state index contributed by atoms with van der Waals surface area (Å²) in [5, 5.41) is 7.86. The standard InChI is InChI=1S/C19H35N3S/c1-14(2)13-20-19(23)21-15-11-17-9-6-10-18(12-15)22(17)16-7-4-3-5-8-16/h14-18H,3-13H2,1-2H3,(H2,20,21,23)/t17-,18-/m0/s1. The molecule has 2 N–H and O–H groups in total. The van der Waals surface area contributed by atoms with Crippen molar-refractivity contribution in [1.82, 2.24) is 15.5 Å². The van der Waals surface area contributed by atoms with Crippen LogP contribution < -0.4 is 10.6 Å². The Bertz CT molecular complexity index is 378. The van der Waals surface area contributed by atoms with Gasteiger partial charge >= 0.3 is 0 Å². The quantitative estimate of drug-likeness (QED) is 0.763. The third kappa shape index (κ3) is 4.60. The van der Waals surface area contributed by atoms with E-state index < -0.39 is 0 Å². The van der Waals surface area contributed by atoms with Gasteiger partial charge in [0.15, 0.2) is 5.11 Å². The van der Waals surface area contributed by atoms with Crippen LogP contribution in [-0.2, 0) is 0 Å². The van der Waals surface area contributed by atoms with Crippen molar-refractivity contribution in [2.75, 3.05) is 6.54 Å². The molecule has 2 bridgehead atoms. The summed E-state index contributed by atoms with van der Waals surface area (Å²) in [5.41, 5.74) is 0. The van der Waals surface area contributed by atoms with E-state index in [2.05, 4.69) is 29.4 Å². The van der Waals surface area contributed by atoms with Gasteiger partial charge in [-0.1, -0.05) is 39.5 Å². The Labute approximate surface area is 148 Å². The molecule has 2 saturated heterocycles. The van der Waals surface area contributed by atoms with Gasteiger partial charge in [-0.2, -0.15) is 0 Å². The molecule has 3 nitrogen and oxygen atoms in total. The first-order valence-electron chi connectivity index (χ1n) is 9.95. The first-order chi connectivity index (χ1) is 11.1. The van der Waals surface area contributed by atoms with E-state index in [1.54, 1.807) is 0 Å².